The molecular formula is C11H12ClF2NO4S. The van der Waals surface area contributed by atoms with Crippen LogP contribution in [0.25, 0.3) is 0 Å². The third kappa shape index (κ3) is 4.12. The van der Waals surface area contributed by atoms with E-state index < -0.39 is 37.1 Å². The average Bonchev–Trinajstić information content (AvgIpc) is 2.33. The molecule has 1 N–H and O–H groups in total. The average molecular weight is 328 g/mol. The van der Waals surface area contributed by atoms with Crippen molar-refractivity contribution in [3.05, 3.63) is 29.3 Å². The zero-order chi connectivity index (χ0) is 15.3. The summed E-state index contributed by atoms with van der Waals surface area (Å²) in [5, 5.41) is 2.21. The third-order valence-electron chi connectivity index (χ3n) is 2.28. The normalized spacial score (nSPS) is 11.4. The smallest absolute Gasteiger partial charge is 0.264 e. The second kappa shape index (κ2) is 6.96. The number of carbonyl (C=O) groups is 1. The zero-order valence-corrected chi connectivity index (χ0v) is 12.0. The highest BCUT2D eigenvalue weighted by Crippen LogP contribution is 2.23. The first kappa shape index (κ1) is 16.8. The maximum Gasteiger partial charge on any atom is 0.264 e. The standard InChI is InChI=1S/C11H12ClF2NO4S/c1-2-19-6-5-15-11(16)9-7(13)3-4-8(10(9)14)20(12,17)18/h3-4H,2,5-6H2,1H3,(H,15,16). The molecule has 1 aromatic carbocycles. The van der Waals surface area contributed by atoms with Gasteiger partial charge in [-0.05, 0) is 19.1 Å². The van der Waals surface area contributed by atoms with E-state index in [1.807, 2.05) is 0 Å². The molecule has 0 radical (unpaired) electrons. The lowest BCUT2D eigenvalue weighted by Gasteiger charge is -2.09. The first-order chi connectivity index (χ1) is 9.29. The van der Waals surface area contributed by atoms with Gasteiger partial charge in [0.15, 0.2) is 5.82 Å². The Bertz CT molecular complexity index is 607. The van der Waals surface area contributed by atoms with Gasteiger partial charge in [-0.1, -0.05) is 0 Å². The van der Waals surface area contributed by atoms with Crippen molar-refractivity contribution in [1.29, 1.82) is 0 Å². The van der Waals surface area contributed by atoms with Gasteiger partial charge in [-0.25, -0.2) is 17.2 Å². The highest BCUT2D eigenvalue weighted by molar-refractivity contribution is 8.13. The molecule has 1 amide bonds. The van der Waals surface area contributed by atoms with Gasteiger partial charge in [0.2, 0.25) is 0 Å². The number of nitrogens with one attached hydrogen (secondary N) is 1. The van der Waals surface area contributed by atoms with E-state index in [9.17, 15) is 22.0 Å². The minimum atomic E-state index is -4.41. The van der Waals surface area contributed by atoms with Gasteiger partial charge in [-0.3, -0.25) is 4.79 Å². The number of rotatable bonds is 6. The van der Waals surface area contributed by atoms with E-state index in [2.05, 4.69) is 5.32 Å². The van der Waals surface area contributed by atoms with Crippen LogP contribution in [0.4, 0.5) is 8.78 Å². The summed E-state index contributed by atoms with van der Waals surface area (Å²) in [5.41, 5.74) is -0.997. The summed E-state index contributed by atoms with van der Waals surface area (Å²) in [7, 11) is 0.587. The van der Waals surface area contributed by atoms with E-state index in [4.69, 9.17) is 15.4 Å². The fourth-order valence-electron chi connectivity index (χ4n) is 1.40. The molecule has 0 fully saturated rings. The number of carbonyl (C=O) groups excluding carboxylic acids is 1. The van der Waals surface area contributed by atoms with Crippen LogP contribution < -0.4 is 5.32 Å². The van der Waals surface area contributed by atoms with E-state index in [-0.39, 0.29) is 13.2 Å². The van der Waals surface area contributed by atoms with Crippen molar-refractivity contribution in [1.82, 2.24) is 5.32 Å². The lowest BCUT2D eigenvalue weighted by molar-refractivity contribution is 0.0913. The molecular weight excluding hydrogens is 316 g/mol. The number of amides is 1. The molecule has 0 bridgehead atoms. The summed E-state index contributed by atoms with van der Waals surface area (Å²) in [6.07, 6.45) is 0. The molecule has 0 saturated heterocycles. The van der Waals surface area contributed by atoms with Crippen LogP contribution in [0.3, 0.4) is 0 Å². The van der Waals surface area contributed by atoms with Gasteiger partial charge in [0.25, 0.3) is 15.0 Å². The van der Waals surface area contributed by atoms with Gasteiger partial charge >= 0.3 is 0 Å². The molecule has 0 aliphatic rings. The minimum Gasteiger partial charge on any atom is -0.380 e. The molecule has 0 spiro atoms. The lowest BCUT2D eigenvalue weighted by Crippen LogP contribution is -2.29. The Hall–Kier alpha value is -1.25. The molecule has 0 aromatic heterocycles. The highest BCUT2D eigenvalue weighted by Gasteiger charge is 2.25. The van der Waals surface area contributed by atoms with Crippen LogP contribution in [-0.2, 0) is 13.8 Å². The maximum absolute atomic E-state index is 13.9. The number of benzene rings is 1. The molecule has 0 heterocycles. The molecule has 0 aliphatic heterocycles. The van der Waals surface area contributed by atoms with E-state index in [1.54, 1.807) is 6.92 Å². The van der Waals surface area contributed by atoms with Crippen molar-refractivity contribution < 1.29 is 26.7 Å². The summed E-state index contributed by atoms with van der Waals surface area (Å²) in [5.74, 6) is -3.78. The van der Waals surface area contributed by atoms with Gasteiger partial charge < -0.3 is 10.1 Å². The number of hydrogen-bond donors (Lipinski definition) is 1. The van der Waals surface area contributed by atoms with Gasteiger partial charge in [-0.2, -0.15) is 0 Å². The van der Waals surface area contributed by atoms with Crippen LogP contribution in [0.5, 0.6) is 0 Å². The Kier molecular flexibility index (Phi) is 5.85. The van der Waals surface area contributed by atoms with E-state index >= 15 is 0 Å². The van der Waals surface area contributed by atoms with Crippen molar-refractivity contribution in [2.45, 2.75) is 11.8 Å². The minimum absolute atomic E-state index is 0.0312. The summed E-state index contributed by atoms with van der Waals surface area (Å²) in [6.45, 7) is 2.37. The first-order valence-corrected chi connectivity index (χ1v) is 7.88. The molecule has 112 valence electrons. The summed E-state index contributed by atoms with van der Waals surface area (Å²) in [4.78, 5) is 10.7. The van der Waals surface area contributed by atoms with Gasteiger partial charge in [0.1, 0.15) is 16.3 Å². The van der Waals surface area contributed by atoms with Crippen LogP contribution in [0, 0.1) is 11.6 Å². The van der Waals surface area contributed by atoms with Crippen molar-refractivity contribution in [3.63, 3.8) is 0 Å². The zero-order valence-electron chi connectivity index (χ0n) is 10.5. The van der Waals surface area contributed by atoms with E-state index in [1.165, 1.54) is 0 Å². The second-order valence-electron chi connectivity index (χ2n) is 3.63. The third-order valence-corrected chi connectivity index (χ3v) is 3.62. The predicted molar refractivity (Wildman–Crippen MR) is 68.2 cm³/mol. The van der Waals surface area contributed by atoms with E-state index in [0.29, 0.717) is 18.7 Å². The number of halogens is 3. The van der Waals surface area contributed by atoms with Crippen LogP contribution in [0.1, 0.15) is 17.3 Å². The predicted octanol–water partition coefficient (Wildman–Crippen LogP) is 1.66. The topological polar surface area (TPSA) is 72.5 Å². The van der Waals surface area contributed by atoms with Crippen molar-refractivity contribution in [2.24, 2.45) is 0 Å². The van der Waals surface area contributed by atoms with Crippen LogP contribution in [0.2, 0.25) is 0 Å². The van der Waals surface area contributed by atoms with Gasteiger partial charge in [0.05, 0.1) is 6.61 Å². The van der Waals surface area contributed by atoms with Crippen LogP contribution in [-0.4, -0.2) is 34.1 Å². The summed E-state index contributed by atoms with van der Waals surface area (Å²) >= 11 is 0. The number of ether oxygens (including phenoxy) is 1. The van der Waals surface area contributed by atoms with Gasteiger partial charge in [0, 0.05) is 23.8 Å². The molecule has 0 atom stereocenters. The first-order valence-electron chi connectivity index (χ1n) is 5.57. The Morgan fingerprint density at radius 3 is 2.60 bits per heavy atom. The van der Waals surface area contributed by atoms with Crippen LogP contribution >= 0.6 is 10.7 Å². The fourth-order valence-corrected chi connectivity index (χ4v) is 2.30. The molecule has 0 unspecified atom stereocenters. The molecule has 20 heavy (non-hydrogen) atoms. The Morgan fingerprint density at radius 2 is 2.05 bits per heavy atom. The Balaban J connectivity index is 3.03. The maximum atomic E-state index is 13.9. The molecule has 0 aliphatic carbocycles. The molecule has 5 nitrogen and oxygen atoms in total. The van der Waals surface area contributed by atoms with Crippen molar-refractivity contribution in [3.8, 4) is 0 Å². The largest absolute Gasteiger partial charge is 0.380 e. The highest BCUT2D eigenvalue weighted by atomic mass is 35.7. The van der Waals surface area contributed by atoms with Crippen molar-refractivity contribution >= 4 is 25.6 Å². The van der Waals surface area contributed by atoms with Crippen LogP contribution in [0.15, 0.2) is 17.0 Å². The fraction of sp³-hybridized carbons (Fsp3) is 0.364. The lowest BCUT2D eigenvalue weighted by atomic mass is 10.2. The SMILES string of the molecule is CCOCCNC(=O)c1c(F)ccc(S(=O)(=O)Cl)c1F. The molecule has 1 rings (SSSR count). The summed E-state index contributed by atoms with van der Waals surface area (Å²) in [6, 6.07) is 1.32. The van der Waals surface area contributed by atoms with Crippen molar-refractivity contribution in [2.75, 3.05) is 19.8 Å². The molecule has 9 heteroatoms. The Morgan fingerprint density at radius 1 is 1.40 bits per heavy atom. The van der Waals surface area contributed by atoms with E-state index in [0.717, 1.165) is 0 Å². The Labute approximate surface area is 119 Å². The van der Waals surface area contributed by atoms with Gasteiger partial charge in [-0.15, -0.1) is 0 Å². The number of hydrogen-bond acceptors (Lipinski definition) is 4. The summed E-state index contributed by atoms with van der Waals surface area (Å²) < 4.78 is 54.5. The molecule has 1 aromatic rings. The monoisotopic (exact) mass is 327 g/mol. The second-order valence-corrected chi connectivity index (χ2v) is 6.16. The molecule has 0 saturated carbocycles. The quantitative estimate of drug-likeness (QED) is 0.637.